The van der Waals surface area contributed by atoms with Crippen molar-refractivity contribution in [2.24, 2.45) is 12.8 Å². The number of aryl methyl sites for hydroxylation is 2. The van der Waals surface area contributed by atoms with E-state index in [1.165, 1.54) is 4.68 Å². The van der Waals surface area contributed by atoms with E-state index in [0.717, 1.165) is 0 Å². The van der Waals surface area contributed by atoms with Gasteiger partial charge < -0.3 is 15.9 Å². The van der Waals surface area contributed by atoms with Crippen molar-refractivity contribution in [2.75, 3.05) is 6.61 Å². The summed E-state index contributed by atoms with van der Waals surface area (Å²) in [5.41, 5.74) is 7.11. The standard InChI is InChI=1S/C16H17N9O3/c1-7-13(27)12(25(23-7)3-4-26)16-20-15(21-22-16)11-8-6-18-24(2)10(8)5-9(19-11)14(17)28/h5-6,26-27H,3-4H2,1-2H3,(H2,17,28)(H,20,21,22). The molecule has 0 radical (unpaired) electrons. The number of aromatic nitrogens is 8. The molecular weight excluding hydrogens is 366 g/mol. The van der Waals surface area contributed by atoms with Crippen LogP contribution in [-0.2, 0) is 13.6 Å². The first-order valence-electron chi connectivity index (χ1n) is 8.33. The number of aromatic amines is 1. The number of aliphatic hydroxyl groups is 1. The van der Waals surface area contributed by atoms with Gasteiger partial charge in [-0.2, -0.15) is 15.3 Å². The molecule has 0 bridgehead atoms. The van der Waals surface area contributed by atoms with Gasteiger partial charge in [0, 0.05) is 12.4 Å². The van der Waals surface area contributed by atoms with Crippen LogP contribution in [0.4, 0.5) is 0 Å². The van der Waals surface area contributed by atoms with Gasteiger partial charge in [-0.15, -0.1) is 0 Å². The van der Waals surface area contributed by atoms with Crippen molar-refractivity contribution in [1.29, 1.82) is 0 Å². The number of nitrogens with zero attached hydrogens (tertiary/aromatic N) is 7. The molecule has 0 aliphatic carbocycles. The largest absolute Gasteiger partial charge is 0.504 e. The molecule has 0 aliphatic heterocycles. The third-order valence-corrected chi connectivity index (χ3v) is 4.33. The van der Waals surface area contributed by atoms with Crippen molar-refractivity contribution in [3.05, 3.63) is 23.7 Å². The molecule has 0 aromatic carbocycles. The Kier molecular flexibility index (Phi) is 4.04. The van der Waals surface area contributed by atoms with Crippen LogP contribution in [0.3, 0.4) is 0 Å². The first-order chi connectivity index (χ1) is 13.4. The maximum Gasteiger partial charge on any atom is 0.267 e. The lowest BCUT2D eigenvalue weighted by Gasteiger charge is -2.03. The van der Waals surface area contributed by atoms with Crippen LogP contribution in [0, 0.1) is 6.92 Å². The van der Waals surface area contributed by atoms with Gasteiger partial charge in [0.2, 0.25) is 5.82 Å². The number of amides is 1. The molecule has 0 unspecified atom stereocenters. The van der Waals surface area contributed by atoms with Crippen molar-refractivity contribution < 1.29 is 15.0 Å². The maximum absolute atomic E-state index is 11.7. The summed E-state index contributed by atoms with van der Waals surface area (Å²) in [5, 5.41) is 35.5. The summed E-state index contributed by atoms with van der Waals surface area (Å²) in [5.74, 6) is -0.314. The van der Waals surface area contributed by atoms with Gasteiger partial charge >= 0.3 is 0 Å². The second-order valence-electron chi connectivity index (χ2n) is 6.16. The first-order valence-corrected chi connectivity index (χ1v) is 8.33. The molecule has 28 heavy (non-hydrogen) atoms. The van der Waals surface area contributed by atoms with Crippen molar-refractivity contribution in [3.8, 4) is 28.8 Å². The second-order valence-corrected chi connectivity index (χ2v) is 6.16. The maximum atomic E-state index is 11.7. The zero-order chi connectivity index (χ0) is 20.0. The third-order valence-electron chi connectivity index (χ3n) is 4.33. The highest BCUT2D eigenvalue weighted by molar-refractivity contribution is 5.98. The zero-order valence-electron chi connectivity index (χ0n) is 15.1. The number of carbonyl (C=O) groups excluding carboxylic acids is 1. The Labute approximate surface area is 157 Å². The average molecular weight is 383 g/mol. The lowest BCUT2D eigenvalue weighted by atomic mass is 10.2. The molecule has 0 aliphatic rings. The van der Waals surface area contributed by atoms with Crippen LogP contribution in [0.5, 0.6) is 5.75 Å². The summed E-state index contributed by atoms with van der Waals surface area (Å²) < 4.78 is 3.02. The van der Waals surface area contributed by atoms with Gasteiger partial charge in [-0.25, -0.2) is 9.97 Å². The van der Waals surface area contributed by atoms with E-state index in [4.69, 9.17) is 5.73 Å². The summed E-state index contributed by atoms with van der Waals surface area (Å²) in [6.07, 6.45) is 1.59. The Bertz CT molecular complexity index is 1200. The van der Waals surface area contributed by atoms with Gasteiger partial charge in [-0.05, 0) is 13.0 Å². The lowest BCUT2D eigenvalue weighted by Crippen LogP contribution is -2.13. The van der Waals surface area contributed by atoms with E-state index in [-0.39, 0.29) is 36.2 Å². The molecule has 1 amide bonds. The fourth-order valence-electron chi connectivity index (χ4n) is 2.98. The van der Waals surface area contributed by atoms with Crippen molar-refractivity contribution >= 4 is 16.8 Å². The molecule has 0 saturated heterocycles. The molecule has 0 saturated carbocycles. The topological polar surface area (TPSA) is 174 Å². The molecule has 0 fully saturated rings. The Morgan fingerprint density at radius 3 is 2.86 bits per heavy atom. The Balaban J connectivity index is 1.88. The van der Waals surface area contributed by atoms with Crippen molar-refractivity contribution in [3.63, 3.8) is 0 Å². The number of hydrogen-bond donors (Lipinski definition) is 4. The fourth-order valence-corrected chi connectivity index (χ4v) is 2.98. The Hall–Kier alpha value is -3.80. The van der Waals surface area contributed by atoms with Crippen LogP contribution in [0.1, 0.15) is 16.2 Å². The smallest absolute Gasteiger partial charge is 0.267 e. The SMILES string of the molecule is Cc1nn(CCO)c(-c2nc(-c3nc(C(N)=O)cc4c3cnn4C)n[nH]2)c1O. The number of H-pyrrole nitrogens is 1. The van der Waals surface area contributed by atoms with Crippen LogP contribution >= 0.6 is 0 Å². The van der Waals surface area contributed by atoms with E-state index < -0.39 is 5.91 Å². The number of aromatic hydroxyl groups is 1. The van der Waals surface area contributed by atoms with Gasteiger partial charge in [0.15, 0.2) is 11.6 Å². The number of pyridine rings is 1. The van der Waals surface area contributed by atoms with E-state index >= 15 is 0 Å². The monoisotopic (exact) mass is 383 g/mol. The summed E-state index contributed by atoms with van der Waals surface area (Å²) in [7, 11) is 1.73. The summed E-state index contributed by atoms with van der Waals surface area (Å²) >= 11 is 0. The van der Waals surface area contributed by atoms with Crippen LogP contribution in [0.2, 0.25) is 0 Å². The molecule has 5 N–H and O–H groups in total. The van der Waals surface area contributed by atoms with Gasteiger partial charge in [0.25, 0.3) is 5.91 Å². The average Bonchev–Trinajstić information content (AvgIpc) is 3.34. The van der Waals surface area contributed by atoms with Crippen LogP contribution in [-0.4, -0.2) is 62.5 Å². The number of carbonyl (C=O) groups is 1. The molecule has 0 spiro atoms. The minimum Gasteiger partial charge on any atom is -0.504 e. The molecule has 4 rings (SSSR count). The minimum absolute atomic E-state index is 0.0569. The summed E-state index contributed by atoms with van der Waals surface area (Å²) in [6.45, 7) is 1.66. The number of fused-ring (bicyclic) bond motifs is 1. The number of nitrogens with two attached hydrogens (primary N) is 1. The molecular formula is C16H17N9O3. The molecule has 12 nitrogen and oxygen atoms in total. The fraction of sp³-hybridized carbons (Fsp3) is 0.250. The Morgan fingerprint density at radius 1 is 1.36 bits per heavy atom. The zero-order valence-corrected chi connectivity index (χ0v) is 15.1. The predicted octanol–water partition coefficient (Wildman–Crippen LogP) is -0.278. The number of nitrogens with one attached hydrogen (secondary N) is 1. The van der Waals surface area contributed by atoms with Crippen LogP contribution in [0.15, 0.2) is 12.3 Å². The molecule has 4 aromatic rings. The highest BCUT2D eigenvalue weighted by Crippen LogP contribution is 2.32. The summed E-state index contributed by atoms with van der Waals surface area (Å²) in [4.78, 5) is 20.4. The highest BCUT2D eigenvalue weighted by Gasteiger charge is 2.22. The van der Waals surface area contributed by atoms with E-state index in [9.17, 15) is 15.0 Å². The third kappa shape index (κ3) is 2.66. The van der Waals surface area contributed by atoms with Crippen LogP contribution in [0.25, 0.3) is 33.9 Å². The van der Waals surface area contributed by atoms with Gasteiger partial charge in [-0.3, -0.25) is 19.3 Å². The summed E-state index contributed by atoms with van der Waals surface area (Å²) in [6, 6.07) is 1.55. The molecule has 0 atom stereocenters. The molecule has 144 valence electrons. The normalized spacial score (nSPS) is 11.4. The van der Waals surface area contributed by atoms with Gasteiger partial charge in [0.05, 0.1) is 24.9 Å². The number of rotatable bonds is 5. The predicted molar refractivity (Wildman–Crippen MR) is 97.1 cm³/mol. The highest BCUT2D eigenvalue weighted by atomic mass is 16.3. The van der Waals surface area contributed by atoms with E-state index in [0.29, 0.717) is 28.0 Å². The number of hydrogen-bond acceptors (Lipinski definition) is 8. The van der Waals surface area contributed by atoms with E-state index in [1.807, 2.05) is 0 Å². The molecule has 12 heteroatoms. The molecule has 4 heterocycles. The first kappa shape index (κ1) is 17.6. The lowest BCUT2D eigenvalue weighted by molar-refractivity contribution is 0.0996. The second kappa shape index (κ2) is 6.42. The van der Waals surface area contributed by atoms with Crippen molar-refractivity contribution in [2.45, 2.75) is 13.5 Å². The van der Waals surface area contributed by atoms with Gasteiger partial charge in [-0.1, -0.05) is 0 Å². The molecule has 4 aromatic heterocycles. The number of primary amides is 1. The number of aliphatic hydroxyl groups excluding tert-OH is 1. The van der Waals surface area contributed by atoms with Crippen LogP contribution < -0.4 is 5.73 Å². The van der Waals surface area contributed by atoms with E-state index in [2.05, 4.69) is 30.4 Å². The van der Waals surface area contributed by atoms with E-state index in [1.54, 1.807) is 30.9 Å². The van der Waals surface area contributed by atoms with Crippen molar-refractivity contribution in [1.82, 2.24) is 39.7 Å². The Morgan fingerprint density at radius 2 is 2.14 bits per heavy atom. The quantitative estimate of drug-likeness (QED) is 0.364. The minimum atomic E-state index is -0.686. The van der Waals surface area contributed by atoms with Gasteiger partial charge in [0.1, 0.15) is 22.8 Å².